The predicted molar refractivity (Wildman–Crippen MR) is 116 cm³/mol. The summed E-state index contributed by atoms with van der Waals surface area (Å²) < 4.78 is 6.86. The fraction of sp³-hybridized carbons (Fsp3) is 0.136. The van der Waals surface area contributed by atoms with Crippen LogP contribution < -0.4 is 15.6 Å². The lowest BCUT2D eigenvalue weighted by Crippen LogP contribution is -2.28. The van der Waals surface area contributed by atoms with Crippen molar-refractivity contribution < 1.29 is 9.53 Å². The number of ether oxygens (including phenoxy) is 1. The molecule has 0 aliphatic rings. The van der Waals surface area contributed by atoms with E-state index in [0.717, 1.165) is 11.1 Å². The van der Waals surface area contributed by atoms with Crippen molar-refractivity contribution in [2.24, 2.45) is 0 Å². The molecule has 29 heavy (non-hydrogen) atoms. The van der Waals surface area contributed by atoms with E-state index >= 15 is 0 Å². The highest BCUT2D eigenvalue weighted by molar-refractivity contribution is 7.17. The Morgan fingerprint density at radius 2 is 1.90 bits per heavy atom. The van der Waals surface area contributed by atoms with Gasteiger partial charge in [-0.05, 0) is 24.6 Å². The molecule has 0 saturated carbocycles. The highest BCUT2D eigenvalue weighted by Gasteiger charge is 2.15. The van der Waals surface area contributed by atoms with E-state index < -0.39 is 0 Å². The number of anilines is 1. The molecule has 0 aliphatic heterocycles. The number of fused-ring (bicyclic) bond motifs is 1. The van der Waals surface area contributed by atoms with Crippen molar-refractivity contribution in [1.82, 2.24) is 9.55 Å². The van der Waals surface area contributed by atoms with Crippen molar-refractivity contribution in [1.29, 1.82) is 0 Å². The summed E-state index contributed by atoms with van der Waals surface area (Å²) in [6.45, 7) is 2.24. The summed E-state index contributed by atoms with van der Waals surface area (Å²) in [5, 5.41) is 5.27. The zero-order valence-corrected chi connectivity index (χ0v) is 16.6. The van der Waals surface area contributed by atoms with Gasteiger partial charge < -0.3 is 10.1 Å². The molecule has 7 heteroatoms. The molecule has 2 aromatic carbocycles. The van der Waals surface area contributed by atoms with Crippen LogP contribution in [0.1, 0.15) is 6.92 Å². The van der Waals surface area contributed by atoms with Crippen LogP contribution in [0, 0.1) is 0 Å². The van der Waals surface area contributed by atoms with E-state index in [1.807, 2.05) is 54.8 Å². The first-order valence-electron chi connectivity index (χ1n) is 9.21. The van der Waals surface area contributed by atoms with Gasteiger partial charge in [0.25, 0.3) is 5.56 Å². The van der Waals surface area contributed by atoms with Gasteiger partial charge in [0.15, 0.2) is 0 Å². The number of carbonyl (C=O) groups is 1. The first kappa shape index (κ1) is 18.9. The van der Waals surface area contributed by atoms with Crippen molar-refractivity contribution >= 4 is 33.1 Å². The quantitative estimate of drug-likeness (QED) is 0.523. The third-order valence-corrected chi connectivity index (χ3v) is 5.31. The molecular formula is C22H19N3O3S. The Bertz CT molecular complexity index is 1210. The second-order valence-electron chi connectivity index (χ2n) is 6.35. The van der Waals surface area contributed by atoms with Crippen molar-refractivity contribution in [3.8, 4) is 16.9 Å². The summed E-state index contributed by atoms with van der Waals surface area (Å²) >= 11 is 1.42. The molecule has 4 rings (SSSR count). The van der Waals surface area contributed by atoms with E-state index in [2.05, 4.69) is 10.3 Å². The van der Waals surface area contributed by atoms with E-state index in [0.29, 0.717) is 28.3 Å². The number of benzene rings is 2. The Balaban J connectivity index is 1.63. The zero-order valence-electron chi connectivity index (χ0n) is 15.8. The minimum absolute atomic E-state index is 0.133. The van der Waals surface area contributed by atoms with Crippen molar-refractivity contribution in [2.75, 3.05) is 11.9 Å². The van der Waals surface area contributed by atoms with Gasteiger partial charge in [-0.25, -0.2) is 4.98 Å². The van der Waals surface area contributed by atoms with E-state index in [1.54, 1.807) is 12.1 Å². The number of nitrogens with one attached hydrogen (secondary N) is 1. The minimum atomic E-state index is -0.322. The topological polar surface area (TPSA) is 73.2 Å². The maximum absolute atomic E-state index is 13.1. The predicted octanol–water partition coefficient (Wildman–Crippen LogP) is 4.16. The monoisotopic (exact) mass is 405 g/mol. The van der Waals surface area contributed by atoms with Gasteiger partial charge in [0.05, 0.1) is 24.0 Å². The van der Waals surface area contributed by atoms with Crippen LogP contribution in [-0.2, 0) is 11.3 Å². The molecule has 6 nitrogen and oxygen atoms in total. The lowest BCUT2D eigenvalue weighted by Gasteiger charge is -2.12. The lowest BCUT2D eigenvalue weighted by atomic mass is 10.1. The Morgan fingerprint density at radius 3 is 2.69 bits per heavy atom. The fourth-order valence-electron chi connectivity index (χ4n) is 3.11. The van der Waals surface area contributed by atoms with Crippen LogP contribution in [0.4, 0.5) is 5.69 Å². The lowest BCUT2D eigenvalue weighted by molar-refractivity contribution is -0.116. The molecule has 2 heterocycles. The number of amides is 1. The average molecular weight is 405 g/mol. The maximum Gasteiger partial charge on any atom is 0.263 e. The Hall–Kier alpha value is -3.45. The van der Waals surface area contributed by atoms with Crippen LogP contribution in [0.25, 0.3) is 21.3 Å². The molecule has 2 aromatic heterocycles. The number of hydrogen-bond donors (Lipinski definition) is 1. The van der Waals surface area contributed by atoms with Gasteiger partial charge in [-0.15, -0.1) is 11.3 Å². The van der Waals surface area contributed by atoms with Gasteiger partial charge in [-0.1, -0.05) is 42.5 Å². The van der Waals surface area contributed by atoms with E-state index in [4.69, 9.17) is 4.74 Å². The minimum Gasteiger partial charge on any atom is -0.492 e. The maximum atomic E-state index is 13.1. The van der Waals surface area contributed by atoms with Crippen LogP contribution in [0.3, 0.4) is 0 Å². The SMILES string of the molecule is CCOc1ccccc1NC(=O)Cn1cnc2scc(-c3ccccc3)c2c1=O. The van der Waals surface area contributed by atoms with Gasteiger partial charge in [0, 0.05) is 10.9 Å². The number of para-hydroxylation sites is 2. The third-order valence-electron chi connectivity index (χ3n) is 4.42. The highest BCUT2D eigenvalue weighted by atomic mass is 32.1. The van der Waals surface area contributed by atoms with Crippen molar-refractivity contribution in [3.05, 3.63) is 76.7 Å². The number of rotatable bonds is 6. The second kappa shape index (κ2) is 8.28. The summed E-state index contributed by atoms with van der Waals surface area (Å²) in [7, 11) is 0. The summed E-state index contributed by atoms with van der Waals surface area (Å²) in [5.41, 5.74) is 2.12. The summed E-state index contributed by atoms with van der Waals surface area (Å²) in [6.07, 6.45) is 1.42. The van der Waals surface area contributed by atoms with Crippen molar-refractivity contribution in [2.45, 2.75) is 13.5 Å². The average Bonchev–Trinajstić information content (AvgIpc) is 3.17. The molecule has 0 bridgehead atoms. The summed E-state index contributed by atoms with van der Waals surface area (Å²) in [6, 6.07) is 16.9. The molecule has 1 amide bonds. The van der Waals surface area contributed by atoms with Gasteiger partial charge in [-0.2, -0.15) is 0 Å². The van der Waals surface area contributed by atoms with E-state index in [1.165, 1.54) is 22.2 Å². The standard InChI is InChI=1S/C22H19N3O3S/c1-2-28-18-11-7-6-10-17(18)24-19(26)12-25-14-23-21-20(22(25)27)16(13-29-21)15-8-4-3-5-9-15/h3-11,13-14H,2,12H2,1H3,(H,24,26). The van der Waals surface area contributed by atoms with Crippen LogP contribution in [0.2, 0.25) is 0 Å². The largest absolute Gasteiger partial charge is 0.492 e. The number of thiophene rings is 1. The molecule has 1 N–H and O–H groups in total. The Labute approximate surface area is 171 Å². The Morgan fingerprint density at radius 1 is 1.14 bits per heavy atom. The van der Waals surface area contributed by atoms with Crippen molar-refractivity contribution in [3.63, 3.8) is 0 Å². The number of hydrogen-bond acceptors (Lipinski definition) is 5. The van der Waals surface area contributed by atoms with Gasteiger partial charge in [0.2, 0.25) is 5.91 Å². The van der Waals surface area contributed by atoms with Crippen LogP contribution >= 0.6 is 11.3 Å². The molecule has 0 saturated heterocycles. The van der Waals surface area contributed by atoms with Gasteiger partial charge >= 0.3 is 0 Å². The number of aromatic nitrogens is 2. The van der Waals surface area contributed by atoms with E-state index in [9.17, 15) is 9.59 Å². The fourth-order valence-corrected chi connectivity index (χ4v) is 4.01. The molecule has 0 spiro atoms. The molecule has 0 aliphatic carbocycles. The number of nitrogens with zero attached hydrogens (tertiary/aromatic N) is 2. The molecular weight excluding hydrogens is 386 g/mol. The molecule has 4 aromatic rings. The van der Waals surface area contributed by atoms with E-state index in [-0.39, 0.29) is 18.0 Å². The second-order valence-corrected chi connectivity index (χ2v) is 7.21. The molecule has 0 fully saturated rings. The highest BCUT2D eigenvalue weighted by Crippen LogP contribution is 2.30. The first-order chi connectivity index (χ1) is 14.2. The first-order valence-corrected chi connectivity index (χ1v) is 10.1. The Kier molecular flexibility index (Phi) is 5.39. The zero-order chi connectivity index (χ0) is 20.2. The molecule has 0 radical (unpaired) electrons. The van der Waals surface area contributed by atoms with Gasteiger partial charge in [-0.3, -0.25) is 14.2 Å². The van der Waals surface area contributed by atoms with Crippen LogP contribution in [0.15, 0.2) is 71.1 Å². The molecule has 0 atom stereocenters. The summed E-state index contributed by atoms with van der Waals surface area (Å²) in [4.78, 5) is 30.7. The number of carbonyl (C=O) groups excluding carboxylic acids is 1. The smallest absolute Gasteiger partial charge is 0.263 e. The normalized spacial score (nSPS) is 10.8. The molecule has 0 unspecified atom stereocenters. The molecule has 146 valence electrons. The van der Waals surface area contributed by atoms with Crippen LogP contribution in [0.5, 0.6) is 5.75 Å². The van der Waals surface area contributed by atoms with Crippen LogP contribution in [-0.4, -0.2) is 22.1 Å². The summed E-state index contributed by atoms with van der Waals surface area (Å²) in [5.74, 6) is 0.269. The van der Waals surface area contributed by atoms with Gasteiger partial charge in [0.1, 0.15) is 17.1 Å². The third kappa shape index (κ3) is 3.90.